The molecule has 17 heavy (non-hydrogen) atoms. The average Bonchev–Trinajstić information content (AvgIpc) is 2.33. The van der Waals surface area contributed by atoms with Crippen LogP contribution in [0.5, 0.6) is 0 Å². The molecule has 2 heteroatoms. The van der Waals surface area contributed by atoms with Crippen molar-refractivity contribution in [3.63, 3.8) is 0 Å². The fraction of sp³-hybridized carbons (Fsp3) is 0.600. The van der Waals surface area contributed by atoms with E-state index in [-0.39, 0.29) is 0 Å². The van der Waals surface area contributed by atoms with Crippen molar-refractivity contribution in [1.29, 1.82) is 0 Å². The molecular weight excluding hydrogens is 210 g/mol. The van der Waals surface area contributed by atoms with Crippen molar-refractivity contribution >= 4 is 0 Å². The SMILES string of the molecule is COCC1CCCN(Cc2ccccc2C)C1. The number of rotatable bonds is 4. The summed E-state index contributed by atoms with van der Waals surface area (Å²) in [7, 11) is 1.81. The summed E-state index contributed by atoms with van der Waals surface area (Å²) >= 11 is 0. The average molecular weight is 233 g/mol. The summed E-state index contributed by atoms with van der Waals surface area (Å²) in [6, 6.07) is 8.70. The Morgan fingerprint density at radius 1 is 1.35 bits per heavy atom. The first-order valence-corrected chi connectivity index (χ1v) is 6.55. The predicted molar refractivity (Wildman–Crippen MR) is 71.1 cm³/mol. The molecule has 0 spiro atoms. The van der Waals surface area contributed by atoms with Crippen LogP contribution in [0.25, 0.3) is 0 Å². The van der Waals surface area contributed by atoms with Crippen LogP contribution >= 0.6 is 0 Å². The largest absolute Gasteiger partial charge is 0.384 e. The van der Waals surface area contributed by atoms with Crippen LogP contribution in [0.3, 0.4) is 0 Å². The quantitative estimate of drug-likeness (QED) is 0.793. The molecule has 1 atom stereocenters. The van der Waals surface area contributed by atoms with Gasteiger partial charge in [-0.2, -0.15) is 0 Å². The molecule has 1 aromatic rings. The zero-order valence-electron chi connectivity index (χ0n) is 11.0. The van der Waals surface area contributed by atoms with Crippen molar-refractivity contribution < 1.29 is 4.74 Å². The van der Waals surface area contributed by atoms with E-state index in [4.69, 9.17) is 4.74 Å². The van der Waals surface area contributed by atoms with E-state index in [1.54, 1.807) is 7.11 Å². The molecule has 2 nitrogen and oxygen atoms in total. The van der Waals surface area contributed by atoms with Gasteiger partial charge in [-0.05, 0) is 43.4 Å². The Morgan fingerprint density at radius 2 is 2.18 bits per heavy atom. The lowest BCUT2D eigenvalue weighted by Crippen LogP contribution is -2.36. The molecule has 0 aromatic heterocycles. The molecule has 0 radical (unpaired) electrons. The molecule has 1 heterocycles. The van der Waals surface area contributed by atoms with Gasteiger partial charge in [0.15, 0.2) is 0 Å². The lowest BCUT2D eigenvalue weighted by atomic mass is 9.98. The number of aryl methyl sites for hydroxylation is 1. The number of hydrogen-bond acceptors (Lipinski definition) is 2. The van der Waals surface area contributed by atoms with Gasteiger partial charge in [-0.25, -0.2) is 0 Å². The second-order valence-electron chi connectivity index (χ2n) is 5.13. The summed E-state index contributed by atoms with van der Waals surface area (Å²) in [5.41, 5.74) is 2.87. The fourth-order valence-corrected chi connectivity index (χ4v) is 2.70. The first-order valence-electron chi connectivity index (χ1n) is 6.55. The molecule has 2 rings (SSSR count). The molecule has 0 amide bonds. The normalized spacial score (nSPS) is 21.6. The second-order valence-corrected chi connectivity index (χ2v) is 5.13. The van der Waals surface area contributed by atoms with Crippen molar-refractivity contribution in [1.82, 2.24) is 4.90 Å². The van der Waals surface area contributed by atoms with Crippen LogP contribution in [0.1, 0.15) is 24.0 Å². The van der Waals surface area contributed by atoms with E-state index in [2.05, 4.69) is 36.1 Å². The van der Waals surface area contributed by atoms with Crippen LogP contribution in [-0.4, -0.2) is 31.7 Å². The number of piperidine rings is 1. The first kappa shape index (κ1) is 12.6. The Balaban J connectivity index is 1.92. The minimum absolute atomic E-state index is 0.720. The second kappa shape index (κ2) is 6.18. The maximum atomic E-state index is 5.28. The summed E-state index contributed by atoms with van der Waals surface area (Å²) in [6.45, 7) is 6.61. The first-order chi connectivity index (χ1) is 8.29. The zero-order valence-corrected chi connectivity index (χ0v) is 11.0. The van der Waals surface area contributed by atoms with Crippen LogP contribution < -0.4 is 0 Å². The lowest BCUT2D eigenvalue weighted by Gasteiger charge is -2.32. The highest BCUT2D eigenvalue weighted by Gasteiger charge is 2.19. The molecule has 94 valence electrons. The lowest BCUT2D eigenvalue weighted by molar-refractivity contribution is 0.0873. The van der Waals surface area contributed by atoms with Gasteiger partial charge in [0.2, 0.25) is 0 Å². The van der Waals surface area contributed by atoms with Crippen molar-refractivity contribution in [2.75, 3.05) is 26.8 Å². The van der Waals surface area contributed by atoms with Gasteiger partial charge in [0.05, 0.1) is 6.61 Å². The van der Waals surface area contributed by atoms with E-state index >= 15 is 0 Å². The third-order valence-electron chi connectivity index (χ3n) is 3.66. The van der Waals surface area contributed by atoms with Crippen molar-refractivity contribution in [2.45, 2.75) is 26.3 Å². The fourth-order valence-electron chi connectivity index (χ4n) is 2.70. The Hall–Kier alpha value is -0.860. The number of methoxy groups -OCH3 is 1. The molecule has 0 N–H and O–H groups in total. The molecule has 0 saturated carbocycles. The summed E-state index contributed by atoms with van der Waals surface area (Å²) in [5.74, 6) is 0.720. The van der Waals surface area contributed by atoms with Crippen LogP contribution in [0, 0.1) is 12.8 Å². The summed E-state index contributed by atoms with van der Waals surface area (Å²) in [4.78, 5) is 2.56. The summed E-state index contributed by atoms with van der Waals surface area (Å²) < 4.78 is 5.28. The highest BCUT2D eigenvalue weighted by Crippen LogP contribution is 2.19. The topological polar surface area (TPSA) is 12.5 Å². The maximum absolute atomic E-state index is 5.28. The Bertz CT molecular complexity index is 349. The maximum Gasteiger partial charge on any atom is 0.0502 e. The molecule has 0 aliphatic carbocycles. The molecule has 1 aliphatic rings. The van der Waals surface area contributed by atoms with Gasteiger partial charge in [-0.1, -0.05) is 24.3 Å². The van der Waals surface area contributed by atoms with E-state index in [1.165, 1.54) is 37.1 Å². The predicted octanol–water partition coefficient (Wildman–Crippen LogP) is 2.85. The third kappa shape index (κ3) is 3.55. The highest BCUT2D eigenvalue weighted by atomic mass is 16.5. The van der Waals surface area contributed by atoms with E-state index in [9.17, 15) is 0 Å². The number of ether oxygens (including phenoxy) is 1. The van der Waals surface area contributed by atoms with Crippen molar-refractivity contribution in [2.24, 2.45) is 5.92 Å². The Labute approximate surface area is 105 Å². The van der Waals surface area contributed by atoms with E-state index in [0.29, 0.717) is 0 Å². The number of nitrogens with zero attached hydrogens (tertiary/aromatic N) is 1. The van der Waals surface area contributed by atoms with Crippen molar-refractivity contribution in [3.8, 4) is 0 Å². The molecule has 1 aromatic carbocycles. The minimum Gasteiger partial charge on any atom is -0.384 e. The molecule has 0 bridgehead atoms. The van der Waals surface area contributed by atoms with Gasteiger partial charge in [-0.3, -0.25) is 4.90 Å². The summed E-state index contributed by atoms with van der Waals surface area (Å²) in [5, 5.41) is 0. The van der Waals surface area contributed by atoms with Crippen LogP contribution in [0.2, 0.25) is 0 Å². The molecular formula is C15H23NO. The molecule has 1 fully saturated rings. The van der Waals surface area contributed by atoms with Gasteiger partial charge in [0.25, 0.3) is 0 Å². The van der Waals surface area contributed by atoms with E-state index in [1.807, 2.05) is 0 Å². The van der Waals surface area contributed by atoms with Crippen LogP contribution in [-0.2, 0) is 11.3 Å². The van der Waals surface area contributed by atoms with Crippen LogP contribution in [0.4, 0.5) is 0 Å². The van der Waals surface area contributed by atoms with Crippen molar-refractivity contribution in [3.05, 3.63) is 35.4 Å². The van der Waals surface area contributed by atoms with Gasteiger partial charge in [-0.15, -0.1) is 0 Å². The monoisotopic (exact) mass is 233 g/mol. The highest BCUT2D eigenvalue weighted by molar-refractivity contribution is 5.25. The number of hydrogen-bond donors (Lipinski definition) is 0. The minimum atomic E-state index is 0.720. The van der Waals surface area contributed by atoms with Gasteiger partial charge in [0.1, 0.15) is 0 Å². The number of likely N-dealkylation sites (tertiary alicyclic amines) is 1. The smallest absolute Gasteiger partial charge is 0.0502 e. The third-order valence-corrected chi connectivity index (χ3v) is 3.66. The van der Waals surface area contributed by atoms with Crippen LogP contribution in [0.15, 0.2) is 24.3 Å². The molecule has 1 unspecified atom stereocenters. The summed E-state index contributed by atoms with van der Waals surface area (Å²) in [6.07, 6.45) is 2.62. The Morgan fingerprint density at radius 3 is 2.94 bits per heavy atom. The standard InChI is InChI=1S/C15H23NO/c1-13-6-3-4-8-15(13)11-16-9-5-7-14(10-16)12-17-2/h3-4,6,8,14H,5,7,9-12H2,1-2H3. The zero-order chi connectivity index (χ0) is 12.1. The van der Waals surface area contributed by atoms with Gasteiger partial charge in [0, 0.05) is 20.2 Å². The van der Waals surface area contributed by atoms with Gasteiger partial charge >= 0.3 is 0 Å². The Kier molecular flexibility index (Phi) is 4.57. The molecule has 1 aliphatic heterocycles. The number of benzene rings is 1. The molecule has 1 saturated heterocycles. The van der Waals surface area contributed by atoms with E-state index in [0.717, 1.165) is 19.1 Å². The van der Waals surface area contributed by atoms with E-state index < -0.39 is 0 Å². The van der Waals surface area contributed by atoms with Gasteiger partial charge < -0.3 is 4.74 Å².